The molecule has 1 fully saturated rings. The number of hydrogen-bond donors (Lipinski definition) is 0. The van der Waals surface area contributed by atoms with Crippen LogP contribution in [0.15, 0.2) is 42.5 Å². The molecule has 3 rings (SSSR count). The van der Waals surface area contributed by atoms with Crippen LogP contribution in [0.4, 0.5) is 5.69 Å². The van der Waals surface area contributed by atoms with E-state index in [9.17, 15) is 9.59 Å². The van der Waals surface area contributed by atoms with Crippen molar-refractivity contribution in [3.05, 3.63) is 58.6 Å². The standard InChI is InChI=1S/C20H20ClNO4/c1-13-8-17(22-11-15(10-19(22)23)20(24)25-2)6-7-18(13)26-12-14-4-3-5-16(21)9-14/h3-9,15H,10-12H2,1-2H3. The molecule has 1 unspecified atom stereocenters. The van der Waals surface area contributed by atoms with Crippen LogP contribution in [0.25, 0.3) is 0 Å². The summed E-state index contributed by atoms with van der Waals surface area (Å²) in [5.41, 5.74) is 2.66. The molecule has 1 heterocycles. The molecule has 0 N–H and O–H groups in total. The zero-order valence-electron chi connectivity index (χ0n) is 14.7. The lowest BCUT2D eigenvalue weighted by Gasteiger charge is -2.18. The van der Waals surface area contributed by atoms with Gasteiger partial charge in [0.05, 0.1) is 13.0 Å². The summed E-state index contributed by atoms with van der Waals surface area (Å²) in [6, 6.07) is 13.1. The number of ether oxygens (including phenoxy) is 2. The van der Waals surface area contributed by atoms with E-state index >= 15 is 0 Å². The Labute approximate surface area is 157 Å². The van der Waals surface area contributed by atoms with Gasteiger partial charge in [-0.1, -0.05) is 23.7 Å². The van der Waals surface area contributed by atoms with E-state index in [-0.39, 0.29) is 18.3 Å². The largest absolute Gasteiger partial charge is 0.489 e. The van der Waals surface area contributed by atoms with Crippen molar-refractivity contribution >= 4 is 29.2 Å². The Morgan fingerprint density at radius 3 is 2.77 bits per heavy atom. The number of methoxy groups -OCH3 is 1. The van der Waals surface area contributed by atoms with Crippen LogP contribution >= 0.6 is 11.6 Å². The summed E-state index contributed by atoms with van der Waals surface area (Å²) in [6.07, 6.45) is 0.179. The first-order valence-electron chi connectivity index (χ1n) is 8.34. The molecule has 1 amide bonds. The number of halogens is 1. The van der Waals surface area contributed by atoms with Gasteiger partial charge in [-0.2, -0.15) is 0 Å². The number of carbonyl (C=O) groups excluding carboxylic acids is 2. The van der Waals surface area contributed by atoms with Gasteiger partial charge < -0.3 is 14.4 Å². The number of nitrogens with zero attached hydrogens (tertiary/aromatic N) is 1. The van der Waals surface area contributed by atoms with Crippen LogP contribution in [-0.2, 0) is 20.9 Å². The quantitative estimate of drug-likeness (QED) is 0.749. The van der Waals surface area contributed by atoms with Gasteiger partial charge in [-0.05, 0) is 48.4 Å². The highest BCUT2D eigenvalue weighted by molar-refractivity contribution is 6.30. The van der Waals surface area contributed by atoms with E-state index in [1.54, 1.807) is 4.90 Å². The maximum absolute atomic E-state index is 12.2. The SMILES string of the molecule is COC(=O)C1CC(=O)N(c2ccc(OCc3cccc(Cl)c3)c(C)c2)C1. The molecule has 0 bridgehead atoms. The van der Waals surface area contributed by atoms with Gasteiger partial charge >= 0.3 is 5.97 Å². The first-order chi connectivity index (χ1) is 12.5. The van der Waals surface area contributed by atoms with Crippen molar-refractivity contribution < 1.29 is 19.1 Å². The molecule has 1 aliphatic rings. The zero-order chi connectivity index (χ0) is 18.7. The molecule has 1 aliphatic heterocycles. The maximum atomic E-state index is 12.2. The Morgan fingerprint density at radius 2 is 2.08 bits per heavy atom. The monoisotopic (exact) mass is 373 g/mol. The predicted octanol–water partition coefficient (Wildman–Crippen LogP) is 3.75. The molecular formula is C20H20ClNO4. The molecular weight excluding hydrogens is 354 g/mol. The lowest BCUT2D eigenvalue weighted by Crippen LogP contribution is -2.26. The van der Waals surface area contributed by atoms with Gasteiger partial charge in [0.2, 0.25) is 5.91 Å². The summed E-state index contributed by atoms with van der Waals surface area (Å²) in [5, 5.41) is 0.672. The Morgan fingerprint density at radius 1 is 1.27 bits per heavy atom. The number of aryl methyl sites for hydroxylation is 1. The predicted molar refractivity (Wildman–Crippen MR) is 99.4 cm³/mol. The molecule has 2 aromatic rings. The van der Waals surface area contributed by atoms with Gasteiger partial charge in [0.1, 0.15) is 12.4 Å². The van der Waals surface area contributed by atoms with Crippen molar-refractivity contribution in [3.63, 3.8) is 0 Å². The molecule has 136 valence electrons. The normalized spacial score (nSPS) is 16.7. The number of amides is 1. The molecule has 0 radical (unpaired) electrons. The summed E-state index contributed by atoms with van der Waals surface area (Å²) in [7, 11) is 1.34. The van der Waals surface area contributed by atoms with E-state index in [2.05, 4.69) is 0 Å². The van der Waals surface area contributed by atoms with Gasteiger partial charge in [0.25, 0.3) is 0 Å². The smallest absolute Gasteiger partial charge is 0.311 e. The van der Waals surface area contributed by atoms with Crippen molar-refractivity contribution in [2.75, 3.05) is 18.6 Å². The van der Waals surface area contributed by atoms with E-state index in [1.165, 1.54) is 7.11 Å². The van der Waals surface area contributed by atoms with Gasteiger partial charge in [0.15, 0.2) is 0 Å². The first kappa shape index (κ1) is 18.3. The van der Waals surface area contributed by atoms with Crippen molar-refractivity contribution in [1.82, 2.24) is 0 Å². The third kappa shape index (κ3) is 3.99. The van der Waals surface area contributed by atoms with E-state index in [4.69, 9.17) is 21.1 Å². The fraction of sp³-hybridized carbons (Fsp3) is 0.300. The fourth-order valence-corrected chi connectivity index (χ4v) is 3.25. The maximum Gasteiger partial charge on any atom is 0.311 e. The lowest BCUT2D eigenvalue weighted by molar-refractivity contribution is -0.145. The molecule has 0 spiro atoms. The minimum Gasteiger partial charge on any atom is -0.489 e. The van der Waals surface area contributed by atoms with Gasteiger partial charge in [0, 0.05) is 23.7 Å². The topological polar surface area (TPSA) is 55.8 Å². The summed E-state index contributed by atoms with van der Waals surface area (Å²) in [4.78, 5) is 25.5. The third-order valence-corrected chi connectivity index (χ3v) is 4.65. The van der Waals surface area contributed by atoms with Crippen molar-refractivity contribution in [2.24, 2.45) is 5.92 Å². The fourth-order valence-electron chi connectivity index (χ4n) is 3.03. The van der Waals surface area contributed by atoms with E-state index < -0.39 is 5.92 Å². The summed E-state index contributed by atoms with van der Waals surface area (Å²) in [5.74, 6) is -0.0945. The molecule has 1 saturated heterocycles. The number of benzene rings is 2. The molecule has 0 aromatic heterocycles. The number of rotatable bonds is 5. The molecule has 1 atom stereocenters. The highest BCUT2D eigenvalue weighted by Gasteiger charge is 2.35. The van der Waals surface area contributed by atoms with Crippen molar-refractivity contribution in [3.8, 4) is 5.75 Å². The van der Waals surface area contributed by atoms with Gasteiger partial charge in [-0.25, -0.2) is 0 Å². The summed E-state index contributed by atoms with van der Waals surface area (Å²) >= 11 is 5.98. The molecule has 5 nitrogen and oxygen atoms in total. The number of anilines is 1. The second-order valence-corrected chi connectivity index (χ2v) is 6.73. The van der Waals surface area contributed by atoms with Crippen LogP contribution < -0.4 is 9.64 Å². The van der Waals surface area contributed by atoms with E-state index in [1.807, 2.05) is 49.4 Å². The third-order valence-electron chi connectivity index (χ3n) is 4.41. The van der Waals surface area contributed by atoms with Crippen LogP contribution in [0.2, 0.25) is 5.02 Å². The minimum absolute atomic E-state index is 0.0765. The minimum atomic E-state index is -0.411. The van der Waals surface area contributed by atoms with Crippen molar-refractivity contribution in [1.29, 1.82) is 0 Å². The van der Waals surface area contributed by atoms with Gasteiger partial charge in [-0.3, -0.25) is 9.59 Å². The summed E-state index contributed by atoms with van der Waals surface area (Å²) in [6.45, 7) is 2.68. The molecule has 0 aliphatic carbocycles. The van der Waals surface area contributed by atoms with Crippen LogP contribution in [0.5, 0.6) is 5.75 Å². The van der Waals surface area contributed by atoms with Crippen LogP contribution in [-0.4, -0.2) is 25.5 Å². The van der Waals surface area contributed by atoms with Crippen LogP contribution in [0.1, 0.15) is 17.5 Å². The molecule has 0 saturated carbocycles. The molecule has 26 heavy (non-hydrogen) atoms. The number of hydrogen-bond acceptors (Lipinski definition) is 4. The average molecular weight is 374 g/mol. The highest BCUT2D eigenvalue weighted by Crippen LogP contribution is 2.30. The van der Waals surface area contributed by atoms with E-state index in [0.29, 0.717) is 18.2 Å². The first-order valence-corrected chi connectivity index (χ1v) is 8.72. The second kappa shape index (κ2) is 7.79. The Bertz CT molecular complexity index is 836. The molecule has 2 aromatic carbocycles. The van der Waals surface area contributed by atoms with Crippen LogP contribution in [0, 0.1) is 12.8 Å². The second-order valence-electron chi connectivity index (χ2n) is 6.30. The number of carbonyl (C=O) groups is 2. The average Bonchev–Trinajstić information content (AvgIpc) is 3.02. The lowest BCUT2D eigenvalue weighted by atomic mass is 10.1. The van der Waals surface area contributed by atoms with Crippen molar-refractivity contribution in [2.45, 2.75) is 20.0 Å². The number of esters is 1. The summed E-state index contributed by atoms with van der Waals surface area (Å²) < 4.78 is 10.6. The molecule has 6 heteroatoms. The van der Waals surface area contributed by atoms with E-state index in [0.717, 1.165) is 22.6 Å². The van der Waals surface area contributed by atoms with Gasteiger partial charge in [-0.15, -0.1) is 0 Å². The Balaban J connectivity index is 1.69. The zero-order valence-corrected chi connectivity index (χ0v) is 15.5. The Kier molecular flexibility index (Phi) is 5.47. The Hall–Kier alpha value is -2.53. The highest BCUT2D eigenvalue weighted by atomic mass is 35.5. The van der Waals surface area contributed by atoms with Crippen LogP contribution in [0.3, 0.4) is 0 Å².